The number of hydrogen-bond acceptors (Lipinski definition) is 8. The molecule has 0 aliphatic rings. The van der Waals surface area contributed by atoms with Gasteiger partial charge < -0.3 is 15.4 Å². The van der Waals surface area contributed by atoms with E-state index in [0.29, 0.717) is 41.5 Å². The first kappa shape index (κ1) is 23.4. The zero-order chi connectivity index (χ0) is 24.1. The highest BCUT2D eigenvalue weighted by Crippen LogP contribution is 2.40. The van der Waals surface area contributed by atoms with Crippen LogP contribution in [-0.4, -0.2) is 52.8 Å². The Labute approximate surface area is 197 Å². The Bertz CT molecular complexity index is 1310. The first-order valence-corrected chi connectivity index (χ1v) is 11.2. The minimum absolute atomic E-state index is 0.0170. The summed E-state index contributed by atoms with van der Waals surface area (Å²) in [6.45, 7) is 3.17. The number of nitrogens with zero attached hydrogens (tertiary/aromatic N) is 4. The van der Waals surface area contributed by atoms with Crippen LogP contribution in [0, 0.1) is 11.6 Å². The van der Waals surface area contributed by atoms with E-state index in [-0.39, 0.29) is 21.9 Å². The number of benzene rings is 1. The lowest BCUT2D eigenvalue weighted by Crippen LogP contribution is -2.28. The maximum absolute atomic E-state index is 15.6. The van der Waals surface area contributed by atoms with Crippen LogP contribution in [0.5, 0.6) is 0 Å². The number of pyridine rings is 1. The molecule has 12 heteroatoms. The van der Waals surface area contributed by atoms with Gasteiger partial charge in [0.2, 0.25) is 5.95 Å². The van der Waals surface area contributed by atoms with Crippen molar-refractivity contribution in [2.24, 2.45) is 0 Å². The third-order valence-corrected chi connectivity index (χ3v) is 5.73. The lowest BCUT2D eigenvalue weighted by Gasteiger charge is -2.10. The highest BCUT2D eigenvalue weighted by Gasteiger charge is 2.22. The van der Waals surface area contributed by atoms with Crippen LogP contribution in [0.1, 0.15) is 6.92 Å². The van der Waals surface area contributed by atoms with E-state index in [1.807, 2.05) is 0 Å². The van der Waals surface area contributed by atoms with Crippen LogP contribution in [0.15, 0.2) is 36.8 Å². The number of thiazole rings is 1. The van der Waals surface area contributed by atoms with Gasteiger partial charge in [0.1, 0.15) is 17.0 Å². The molecule has 3 aromatic heterocycles. The molecule has 4 rings (SSSR count). The van der Waals surface area contributed by atoms with Gasteiger partial charge in [0, 0.05) is 55.5 Å². The fourth-order valence-corrected chi connectivity index (χ4v) is 4.17. The van der Waals surface area contributed by atoms with E-state index in [0.717, 1.165) is 11.3 Å². The Morgan fingerprint density at radius 1 is 1.18 bits per heavy atom. The summed E-state index contributed by atoms with van der Waals surface area (Å²) in [7, 11) is 1.59. The summed E-state index contributed by atoms with van der Waals surface area (Å²) in [6, 6.07) is 3.76. The number of carbonyl (C=O) groups excluding carboxylic acids is 1. The van der Waals surface area contributed by atoms with Crippen molar-refractivity contribution >= 4 is 38.7 Å². The predicted octanol–water partition coefficient (Wildman–Crippen LogP) is 4.29. The molecule has 0 saturated carbocycles. The van der Waals surface area contributed by atoms with Crippen LogP contribution in [0.25, 0.3) is 32.6 Å². The Kier molecular flexibility index (Phi) is 7.18. The van der Waals surface area contributed by atoms with Gasteiger partial charge in [-0.3, -0.25) is 10.3 Å². The Hall–Kier alpha value is -3.77. The van der Waals surface area contributed by atoms with Crippen LogP contribution in [0.2, 0.25) is 0 Å². The first-order chi connectivity index (χ1) is 16.5. The van der Waals surface area contributed by atoms with Crippen molar-refractivity contribution in [1.82, 2.24) is 25.3 Å². The van der Waals surface area contributed by atoms with Crippen LogP contribution in [0.4, 0.5) is 24.7 Å². The molecule has 0 unspecified atom stereocenters. The van der Waals surface area contributed by atoms with E-state index >= 15 is 4.39 Å². The van der Waals surface area contributed by atoms with E-state index in [4.69, 9.17) is 4.74 Å². The number of nitrogens with one attached hydrogen (secondary N) is 3. The summed E-state index contributed by atoms with van der Waals surface area (Å²) < 4.78 is 35.6. The third-order valence-electron chi connectivity index (χ3n) is 4.73. The average Bonchev–Trinajstić information content (AvgIpc) is 3.25. The molecule has 0 radical (unpaired) electrons. The van der Waals surface area contributed by atoms with Crippen LogP contribution >= 0.6 is 11.3 Å². The van der Waals surface area contributed by atoms with Gasteiger partial charge in [0.15, 0.2) is 10.9 Å². The molecule has 0 atom stereocenters. The molecular weight excluding hydrogens is 464 g/mol. The van der Waals surface area contributed by atoms with Crippen LogP contribution in [0.3, 0.4) is 0 Å². The number of ether oxygens (including phenoxy) is 1. The second-order valence-corrected chi connectivity index (χ2v) is 8.01. The van der Waals surface area contributed by atoms with E-state index in [1.54, 1.807) is 14.0 Å². The molecule has 3 N–H and O–H groups in total. The van der Waals surface area contributed by atoms with Gasteiger partial charge in [-0.15, -0.1) is 0 Å². The van der Waals surface area contributed by atoms with Gasteiger partial charge >= 0.3 is 6.03 Å². The molecule has 0 spiro atoms. The maximum Gasteiger partial charge on any atom is 0.321 e. The van der Waals surface area contributed by atoms with E-state index in [2.05, 4.69) is 35.9 Å². The summed E-state index contributed by atoms with van der Waals surface area (Å²) in [5.74, 6) is -0.846. The van der Waals surface area contributed by atoms with Crippen molar-refractivity contribution in [3.63, 3.8) is 0 Å². The molecule has 4 aromatic rings. The molecule has 1 aromatic carbocycles. The van der Waals surface area contributed by atoms with E-state index < -0.39 is 17.7 Å². The number of urea groups is 1. The second kappa shape index (κ2) is 10.4. The van der Waals surface area contributed by atoms with Gasteiger partial charge in [-0.25, -0.2) is 28.5 Å². The maximum atomic E-state index is 15.6. The zero-order valence-corrected chi connectivity index (χ0v) is 19.2. The lowest BCUT2D eigenvalue weighted by atomic mass is 10.0. The summed E-state index contributed by atoms with van der Waals surface area (Å²) >= 11 is 1.03. The molecular formula is C22H21F2N7O2S. The topological polar surface area (TPSA) is 114 Å². The van der Waals surface area contributed by atoms with Crippen molar-refractivity contribution in [2.45, 2.75) is 6.92 Å². The van der Waals surface area contributed by atoms with Crippen molar-refractivity contribution in [3.05, 3.63) is 48.4 Å². The summed E-state index contributed by atoms with van der Waals surface area (Å²) in [5, 5.41) is 8.32. The van der Waals surface area contributed by atoms with Gasteiger partial charge in [-0.1, -0.05) is 11.3 Å². The largest absolute Gasteiger partial charge is 0.383 e. The highest BCUT2D eigenvalue weighted by molar-refractivity contribution is 7.22. The van der Waals surface area contributed by atoms with Gasteiger partial charge in [-0.05, 0) is 25.1 Å². The minimum Gasteiger partial charge on any atom is -0.383 e. The molecule has 2 amide bonds. The number of fused-ring (bicyclic) bond motifs is 1. The first-order valence-electron chi connectivity index (χ1n) is 10.4. The molecule has 0 aliphatic carbocycles. The Balaban J connectivity index is 1.82. The number of carbonyl (C=O) groups is 1. The van der Waals surface area contributed by atoms with Crippen LogP contribution in [-0.2, 0) is 4.74 Å². The summed E-state index contributed by atoms with van der Waals surface area (Å²) in [4.78, 5) is 28.8. The summed E-state index contributed by atoms with van der Waals surface area (Å²) in [6.07, 6.45) is 4.38. The van der Waals surface area contributed by atoms with Crippen molar-refractivity contribution in [3.8, 4) is 22.4 Å². The standard InChI is InChI=1S/C22H21F2N7O2S/c1-3-25-21(32)31-22-30-18-16(24)13(12-10-28-20(29-11-12)27-7-8-33-2)9-14(19(18)34-22)17-15(23)5-4-6-26-17/h4-6,9-11H,3,7-8H2,1-2H3,(H,27,28,29)(H2,25,30,31,32). The lowest BCUT2D eigenvalue weighted by molar-refractivity contribution is 0.210. The molecule has 0 bridgehead atoms. The predicted molar refractivity (Wildman–Crippen MR) is 127 cm³/mol. The molecule has 176 valence electrons. The van der Waals surface area contributed by atoms with Crippen molar-refractivity contribution in [1.29, 1.82) is 0 Å². The summed E-state index contributed by atoms with van der Waals surface area (Å²) in [5.41, 5.74) is 0.872. The van der Waals surface area contributed by atoms with E-state index in [1.165, 1.54) is 36.8 Å². The number of aromatic nitrogens is 4. The molecule has 0 fully saturated rings. The third kappa shape index (κ3) is 4.92. The van der Waals surface area contributed by atoms with Crippen LogP contribution < -0.4 is 16.0 Å². The Morgan fingerprint density at radius 2 is 1.97 bits per heavy atom. The number of halogens is 2. The average molecular weight is 486 g/mol. The fourth-order valence-electron chi connectivity index (χ4n) is 3.20. The monoisotopic (exact) mass is 485 g/mol. The quantitative estimate of drug-likeness (QED) is 0.319. The molecule has 0 saturated heterocycles. The number of rotatable bonds is 8. The molecule has 34 heavy (non-hydrogen) atoms. The van der Waals surface area contributed by atoms with Crippen molar-refractivity contribution in [2.75, 3.05) is 37.4 Å². The zero-order valence-electron chi connectivity index (χ0n) is 18.4. The van der Waals surface area contributed by atoms with Crippen molar-refractivity contribution < 1.29 is 18.3 Å². The smallest absolute Gasteiger partial charge is 0.321 e. The van der Waals surface area contributed by atoms with Gasteiger partial charge in [0.05, 0.1) is 11.3 Å². The second-order valence-electron chi connectivity index (χ2n) is 7.02. The molecule has 3 heterocycles. The number of anilines is 2. The van der Waals surface area contributed by atoms with Gasteiger partial charge in [-0.2, -0.15) is 0 Å². The SMILES string of the molecule is CCNC(=O)Nc1nc2c(F)c(-c3cnc(NCCOC)nc3)cc(-c3ncccc3F)c2s1. The number of hydrogen-bond donors (Lipinski definition) is 3. The molecule has 0 aliphatic heterocycles. The minimum atomic E-state index is -0.640. The Morgan fingerprint density at radius 3 is 2.68 bits per heavy atom. The van der Waals surface area contributed by atoms with Gasteiger partial charge in [0.25, 0.3) is 0 Å². The fraction of sp³-hybridized carbons (Fsp3) is 0.227. The molecule has 9 nitrogen and oxygen atoms in total. The highest BCUT2D eigenvalue weighted by atomic mass is 32.1. The van der Waals surface area contributed by atoms with E-state index in [9.17, 15) is 9.18 Å². The number of amides is 2. The normalized spacial score (nSPS) is 10.9. The number of methoxy groups -OCH3 is 1.